The van der Waals surface area contributed by atoms with Gasteiger partial charge >= 0.3 is 7.25 Å². The molecule has 1 heterocycles. The van der Waals surface area contributed by atoms with E-state index in [2.05, 4.69) is 4.99 Å². The molecule has 0 atom stereocenters. The second kappa shape index (κ2) is 9.83. The summed E-state index contributed by atoms with van der Waals surface area (Å²) in [6.45, 7) is 1.56. The van der Waals surface area contributed by atoms with Gasteiger partial charge in [0.25, 0.3) is 0 Å². The third-order valence-electron chi connectivity index (χ3n) is 4.33. The molecule has 1 aromatic heterocycles. The molecule has 0 aliphatic heterocycles. The summed E-state index contributed by atoms with van der Waals surface area (Å²) >= 11 is 6.20. The highest BCUT2D eigenvalue weighted by atomic mass is 35.5. The summed E-state index contributed by atoms with van der Waals surface area (Å²) in [5, 5.41) is 2.36. The number of hydrogen-bond acceptors (Lipinski definition) is 2. The van der Waals surface area contributed by atoms with Gasteiger partial charge < -0.3 is 21.7 Å². The smallest absolute Gasteiger partial charge is 0.456 e. The molecule has 0 radical (unpaired) electrons. The van der Waals surface area contributed by atoms with Crippen LogP contribution in [0.5, 0.6) is 0 Å². The topological polar surface area (TPSA) is 44.2 Å². The van der Waals surface area contributed by atoms with Gasteiger partial charge in [-0.2, -0.15) is 0 Å². The maximum atomic E-state index is 11.7. The molecule has 0 spiro atoms. The van der Waals surface area contributed by atoms with Crippen LogP contribution in [0.1, 0.15) is 17.3 Å². The first-order valence-corrected chi connectivity index (χ1v) is 9.85. The van der Waals surface area contributed by atoms with Crippen LogP contribution in [-0.4, -0.2) is 13.0 Å². The molecule has 1 N–H and O–H groups in total. The second-order valence-corrected chi connectivity index (χ2v) is 7.22. The van der Waals surface area contributed by atoms with Crippen LogP contribution in [0, 0.1) is 0 Å². The minimum Gasteiger partial charge on any atom is -0.456 e. The molecule has 0 aliphatic rings. The van der Waals surface area contributed by atoms with Gasteiger partial charge in [0.15, 0.2) is 5.78 Å². The highest BCUT2D eigenvalue weighted by Crippen LogP contribution is 2.23. The van der Waals surface area contributed by atoms with Crippen LogP contribution in [-0.2, 0) is 0 Å². The molecule has 164 valence electrons. The van der Waals surface area contributed by atoms with Gasteiger partial charge in [-0.15, -0.1) is 0 Å². The summed E-state index contributed by atoms with van der Waals surface area (Å²) in [6.07, 6.45) is 0. The fraction of sp³-hybridized carbons (Fsp3) is 0.0435. The standard InChI is InChI=1S/C23H16ClNO2.BF4/c1-15(26)17-8-5-9-19(12-17)25-21-14-23(16-6-3-2-4-7-16)27-22-11-10-18(24)13-20(21)22;2-1(3,4)5/h2-14H,1H3;/q;-1/p+1. The number of carbonyl (C=O) groups excluding carboxylic acids is 1. The Hall–Kier alpha value is -3.39. The highest BCUT2D eigenvalue weighted by molar-refractivity contribution is 6.50. The summed E-state index contributed by atoms with van der Waals surface area (Å²) in [5.41, 5.74) is 3.20. The van der Waals surface area contributed by atoms with E-state index in [4.69, 9.17) is 16.0 Å². The molecule has 4 rings (SSSR count). The summed E-state index contributed by atoms with van der Waals surface area (Å²) in [6, 6.07) is 24.8. The van der Waals surface area contributed by atoms with Crippen molar-refractivity contribution in [3.05, 3.63) is 94.8 Å². The van der Waals surface area contributed by atoms with Crippen molar-refractivity contribution in [3.63, 3.8) is 0 Å². The Kier molecular flexibility index (Phi) is 7.15. The first-order chi connectivity index (χ1) is 15.1. The van der Waals surface area contributed by atoms with Crippen LogP contribution < -0.4 is 10.3 Å². The van der Waals surface area contributed by atoms with E-state index in [0.29, 0.717) is 10.6 Å². The van der Waals surface area contributed by atoms with Gasteiger partial charge in [-0.25, -0.2) is 4.99 Å². The lowest BCUT2D eigenvalue weighted by Gasteiger charge is -2.03. The van der Waals surface area contributed by atoms with Crippen LogP contribution in [0.3, 0.4) is 0 Å². The molecule has 0 saturated heterocycles. The van der Waals surface area contributed by atoms with Crippen molar-refractivity contribution in [1.82, 2.24) is 0 Å². The lowest BCUT2D eigenvalue weighted by Crippen LogP contribution is -2.70. The lowest BCUT2D eigenvalue weighted by molar-refractivity contribution is -0.400. The molecule has 0 bridgehead atoms. The Labute approximate surface area is 186 Å². The van der Waals surface area contributed by atoms with E-state index in [1.807, 2.05) is 72.8 Å². The van der Waals surface area contributed by atoms with Gasteiger partial charge in [0, 0.05) is 28.3 Å². The number of carbonyl (C=O) groups is 1. The second-order valence-electron chi connectivity index (χ2n) is 6.79. The number of Topliss-reactive ketones (excluding diaryl/α,β-unsaturated/α-hetero) is 1. The average Bonchev–Trinajstić information content (AvgIpc) is 2.73. The quantitative estimate of drug-likeness (QED) is 0.246. The van der Waals surface area contributed by atoms with E-state index < -0.39 is 7.25 Å². The van der Waals surface area contributed by atoms with Crippen molar-refractivity contribution in [2.24, 2.45) is 0 Å². The average molecular weight is 462 g/mol. The zero-order chi connectivity index (χ0) is 23.3. The zero-order valence-corrected chi connectivity index (χ0v) is 17.5. The predicted octanol–water partition coefficient (Wildman–Crippen LogP) is 5.57. The van der Waals surface area contributed by atoms with Gasteiger partial charge in [-0.1, -0.05) is 54.1 Å². The monoisotopic (exact) mass is 461 g/mol. The maximum Gasteiger partial charge on any atom is 0.673 e. The first kappa shape index (κ1) is 23.3. The lowest BCUT2D eigenvalue weighted by atomic mass is 10.1. The zero-order valence-electron chi connectivity index (χ0n) is 16.8. The van der Waals surface area contributed by atoms with Crippen LogP contribution in [0.2, 0.25) is 5.02 Å². The number of benzene rings is 3. The van der Waals surface area contributed by atoms with Crippen LogP contribution in [0.4, 0.5) is 23.0 Å². The van der Waals surface area contributed by atoms with E-state index in [1.54, 1.807) is 13.0 Å². The third-order valence-corrected chi connectivity index (χ3v) is 4.57. The molecule has 3 nitrogen and oxygen atoms in total. The van der Waals surface area contributed by atoms with E-state index >= 15 is 0 Å². The van der Waals surface area contributed by atoms with Crippen molar-refractivity contribution >= 4 is 41.3 Å². The van der Waals surface area contributed by atoms with Crippen LogP contribution in [0.15, 0.2) is 83.3 Å². The summed E-state index contributed by atoms with van der Waals surface area (Å²) in [4.78, 5) is 15.1. The summed E-state index contributed by atoms with van der Waals surface area (Å²) < 4.78 is 45.1. The Morgan fingerprint density at radius 3 is 2.25 bits per heavy atom. The molecule has 0 aliphatic carbocycles. The van der Waals surface area contributed by atoms with Gasteiger partial charge in [0.2, 0.25) is 11.0 Å². The fourth-order valence-electron chi connectivity index (χ4n) is 2.98. The maximum absolute atomic E-state index is 11.7. The van der Waals surface area contributed by atoms with Crippen LogP contribution in [0.25, 0.3) is 22.3 Å². The number of hydrogen-bond donors (Lipinski definition) is 1. The number of halogens is 5. The Balaban J connectivity index is 0.000000523. The van der Waals surface area contributed by atoms with E-state index in [9.17, 15) is 22.1 Å². The molecule has 3 aromatic carbocycles. The van der Waals surface area contributed by atoms with Crippen molar-refractivity contribution in [3.8, 4) is 11.3 Å². The van der Waals surface area contributed by atoms with Crippen LogP contribution >= 0.6 is 11.6 Å². The first-order valence-electron chi connectivity index (χ1n) is 9.47. The SMILES string of the molecule is CC(=O)c1cccc([NH+]=c2cc(-c3ccccc3)oc3ccc(Cl)cc23)c1.F[B-](F)(F)F. The molecule has 32 heavy (non-hydrogen) atoms. The van der Waals surface area contributed by atoms with Crippen molar-refractivity contribution < 1.29 is 31.5 Å². The molecular formula is C23H17BClF4NO2. The molecule has 0 fully saturated rings. The van der Waals surface area contributed by atoms with E-state index in [1.165, 1.54) is 0 Å². The Morgan fingerprint density at radius 1 is 0.906 bits per heavy atom. The van der Waals surface area contributed by atoms with E-state index in [0.717, 1.165) is 33.3 Å². The fourth-order valence-corrected chi connectivity index (χ4v) is 3.15. The number of rotatable bonds is 3. The molecule has 0 amide bonds. The van der Waals surface area contributed by atoms with E-state index in [-0.39, 0.29) is 5.78 Å². The predicted molar refractivity (Wildman–Crippen MR) is 117 cm³/mol. The normalized spacial score (nSPS) is 11.8. The Bertz CT molecular complexity index is 1320. The molecule has 0 saturated carbocycles. The minimum absolute atomic E-state index is 0.0274. The number of ketones is 1. The molecular weight excluding hydrogens is 445 g/mol. The third kappa shape index (κ3) is 6.55. The van der Waals surface area contributed by atoms with Gasteiger partial charge in [-0.05, 0) is 25.1 Å². The van der Waals surface area contributed by atoms with Gasteiger partial charge in [-0.3, -0.25) is 4.79 Å². The summed E-state index contributed by atoms with van der Waals surface area (Å²) in [5.74, 6) is 0.773. The molecule has 0 unspecified atom stereocenters. The largest absolute Gasteiger partial charge is 0.673 e. The minimum atomic E-state index is -6.00. The number of fused-ring (bicyclic) bond motifs is 1. The summed E-state index contributed by atoms with van der Waals surface area (Å²) in [7, 11) is -6.00. The van der Waals surface area contributed by atoms with Crippen molar-refractivity contribution in [2.75, 3.05) is 0 Å². The van der Waals surface area contributed by atoms with Crippen molar-refractivity contribution in [1.29, 1.82) is 0 Å². The number of nitrogens with one attached hydrogen (secondary N) is 1. The van der Waals surface area contributed by atoms with Gasteiger partial charge in [0.1, 0.15) is 11.3 Å². The van der Waals surface area contributed by atoms with Crippen molar-refractivity contribution in [2.45, 2.75) is 6.92 Å². The molecule has 9 heteroatoms. The van der Waals surface area contributed by atoms with Gasteiger partial charge in [0.05, 0.1) is 11.5 Å². The molecule has 4 aromatic rings. The Morgan fingerprint density at radius 2 is 1.59 bits per heavy atom. The highest BCUT2D eigenvalue weighted by Gasteiger charge is 2.20.